The second-order valence-corrected chi connectivity index (χ2v) is 9.01. The molecule has 2 aromatic rings. The first-order valence-corrected chi connectivity index (χ1v) is 10.8. The summed E-state index contributed by atoms with van der Waals surface area (Å²) in [5.74, 6) is -0.115. The van der Waals surface area contributed by atoms with Crippen molar-refractivity contribution in [2.75, 3.05) is 6.54 Å². The summed E-state index contributed by atoms with van der Waals surface area (Å²) < 4.78 is 27.3. The molecule has 0 radical (unpaired) electrons. The van der Waals surface area contributed by atoms with Crippen LogP contribution in [0.25, 0.3) is 0 Å². The second kappa shape index (κ2) is 7.27. The van der Waals surface area contributed by atoms with Crippen LogP contribution in [0.2, 0.25) is 0 Å². The van der Waals surface area contributed by atoms with Gasteiger partial charge < -0.3 is 4.90 Å². The smallest absolute Gasteiger partial charge is 0.254 e. The predicted molar refractivity (Wildman–Crippen MR) is 99.2 cm³/mol. The third kappa shape index (κ3) is 3.94. The quantitative estimate of drug-likeness (QED) is 0.867. The molecule has 1 saturated heterocycles. The second-order valence-electron chi connectivity index (χ2n) is 6.52. The Morgan fingerprint density at radius 2 is 2.12 bits per heavy atom. The number of likely N-dealkylation sites (tertiary alicyclic amines) is 1. The zero-order valence-electron chi connectivity index (χ0n) is 14.3. The van der Waals surface area contributed by atoms with Gasteiger partial charge in [-0.1, -0.05) is 6.07 Å². The van der Waals surface area contributed by atoms with Crippen LogP contribution in [-0.4, -0.2) is 31.8 Å². The average Bonchev–Trinajstić information content (AvgIpc) is 3.24. The van der Waals surface area contributed by atoms with Gasteiger partial charge in [0.2, 0.25) is 10.0 Å². The number of rotatable bonds is 5. The lowest BCUT2D eigenvalue weighted by atomic mass is 10.1. The number of benzene rings is 1. The maximum absolute atomic E-state index is 13.0. The Bertz CT molecular complexity index is 845. The molecule has 3 rings (SSSR count). The Balaban J connectivity index is 1.87. The molecule has 1 atom stereocenters. The number of carbonyl (C=O) groups is 1. The number of nitrogens with one attached hydrogen (secondary N) is 1. The summed E-state index contributed by atoms with van der Waals surface area (Å²) in [6, 6.07) is 8.21. The van der Waals surface area contributed by atoms with Gasteiger partial charge in [-0.15, -0.1) is 0 Å². The van der Waals surface area contributed by atoms with Crippen LogP contribution >= 0.6 is 11.3 Å². The fourth-order valence-corrected chi connectivity index (χ4v) is 5.16. The number of nitrogens with zero attached hydrogens (tertiary/aromatic N) is 1. The maximum Gasteiger partial charge on any atom is 0.254 e. The molecular weight excluding hydrogens is 356 g/mol. The first-order chi connectivity index (χ1) is 11.9. The Morgan fingerprint density at radius 1 is 1.32 bits per heavy atom. The fraction of sp³-hybridized carbons (Fsp3) is 0.389. The van der Waals surface area contributed by atoms with Gasteiger partial charge in [-0.2, -0.15) is 11.3 Å². The van der Waals surface area contributed by atoms with Crippen LogP contribution in [0, 0.1) is 0 Å². The van der Waals surface area contributed by atoms with Crippen molar-refractivity contribution in [3.05, 3.63) is 52.2 Å². The molecule has 134 valence electrons. The van der Waals surface area contributed by atoms with Crippen LogP contribution in [0.4, 0.5) is 0 Å². The number of sulfonamides is 1. The van der Waals surface area contributed by atoms with E-state index in [0.717, 1.165) is 18.4 Å². The minimum atomic E-state index is -3.61. The van der Waals surface area contributed by atoms with E-state index in [4.69, 9.17) is 0 Å². The summed E-state index contributed by atoms with van der Waals surface area (Å²) in [5.41, 5.74) is 1.56. The zero-order chi connectivity index (χ0) is 18.0. The van der Waals surface area contributed by atoms with Crippen molar-refractivity contribution >= 4 is 27.3 Å². The largest absolute Gasteiger partial charge is 0.332 e. The highest BCUT2D eigenvalue weighted by Gasteiger charge is 2.31. The molecule has 1 fully saturated rings. The molecule has 1 N–H and O–H groups in total. The van der Waals surface area contributed by atoms with Gasteiger partial charge in [0.05, 0.1) is 10.9 Å². The molecule has 0 saturated carbocycles. The Kier molecular flexibility index (Phi) is 5.27. The highest BCUT2D eigenvalue weighted by molar-refractivity contribution is 7.89. The van der Waals surface area contributed by atoms with E-state index in [2.05, 4.69) is 10.1 Å². The Labute approximate surface area is 152 Å². The minimum absolute atomic E-state index is 0.0767. The van der Waals surface area contributed by atoms with Crippen molar-refractivity contribution in [1.82, 2.24) is 9.62 Å². The lowest BCUT2D eigenvalue weighted by Gasteiger charge is -2.24. The van der Waals surface area contributed by atoms with Crippen molar-refractivity contribution in [2.45, 2.75) is 43.7 Å². The monoisotopic (exact) mass is 378 g/mol. The lowest BCUT2D eigenvalue weighted by Crippen LogP contribution is -2.32. The summed E-state index contributed by atoms with van der Waals surface area (Å²) in [5, 5.41) is 4.09. The first kappa shape index (κ1) is 18.1. The van der Waals surface area contributed by atoms with Crippen LogP contribution in [0.15, 0.2) is 46.0 Å². The molecule has 1 aliphatic heterocycles. The van der Waals surface area contributed by atoms with Gasteiger partial charge in [0.15, 0.2) is 0 Å². The fourth-order valence-electron chi connectivity index (χ4n) is 3.16. The van der Waals surface area contributed by atoms with Crippen molar-refractivity contribution in [1.29, 1.82) is 0 Å². The molecule has 0 aliphatic carbocycles. The van der Waals surface area contributed by atoms with Crippen LogP contribution in [0.5, 0.6) is 0 Å². The normalized spacial score (nSPS) is 18.0. The third-order valence-corrected chi connectivity index (χ3v) is 6.58. The Morgan fingerprint density at radius 3 is 2.80 bits per heavy atom. The van der Waals surface area contributed by atoms with E-state index in [0.29, 0.717) is 12.1 Å². The van der Waals surface area contributed by atoms with Crippen LogP contribution in [0.1, 0.15) is 48.7 Å². The number of amides is 1. The molecule has 1 aromatic heterocycles. The van der Waals surface area contributed by atoms with Gasteiger partial charge in [0, 0.05) is 18.2 Å². The standard InChI is InChI=1S/C18H22N2O3S2/c1-13(2)19-25(22,23)16-6-3-5-14(11-16)18(21)20-9-4-7-17(20)15-8-10-24-12-15/h3,5-6,8,10-13,17,19H,4,7,9H2,1-2H3. The minimum Gasteiger partial charge on any atom is -0.332 e. The molecule has 5 nitrogen and oxygen atoms in total. The van der Waals surface area contributed by atoms with Gasteiger partial charge in [-0.05, 0) is 67.3 Å². The molecule has 25 heavy (non-hydrogen) atoms. The van der Waals surface area contributed by atoms with E-state index in [1.54, 1.807) is 37.3 Å². The summed E-state index contributed by atoms with van der Waals surface area (Å²) in [6.45, 7) is 4.23. The lowest BCUT2D eigenvalue weighted by molar-refractivity contribution is 0.0735. The van der Waals surface area contributed by atoms with Crippen LogP contribution in [0.3, 0.4) is 0 Å². The maximum atomic E-state index is 13.0. The van der Waals surface area contributed by atoms with Gasteiger partial charge in [0.1, 0.15) is 0 Å². The van der Waals surface area contributed by atoms with E-state index in [-0.39, 0.29) is 22.9 Å². The molecule has 2 heterocycles. The van der Waals surface area contributed by atoms with Gasteiger partial charge in [-0.3, -0.25) is 4.79 Å². The summed E-state index contributed by atoms with van der Waals surface area (Å²) >= 11 is 1.62. The molecule has 1 aromatic carbocycles. The van der Waals surface area contributed by atoms with E-state index >= 15 is 0 Å². The molecule has 0 bridgehead atoms. The summed E-state index contributed by atoms with van der Waals surface area (Å²) in [6.07, 6.45) is 1.90. The Hall–Kier alpha value is -1.70. The third-order valence-electron chi connectivity index (χ3n) is 4.22. The van der Waals surface area contributed by atoms with E-state index in [9.17, 15) is 13.2 Å². The molecule has 1 amide bonds. The number of thiophene rings is 1. The van der Waals surface area contributed by atoms with Crippen molar-refractivity contribution in [3.63, 3.8) is 0 Å². The highest BCUT2D eigenvalue weighted by Crippen LogP contribution is 2.34. The van der Waals surface area contributed by atoms with Crippen LogP contribution < -0.4 is 4.72 Å². The van der Waals surface area contributed by atoms with Crippen molar-refractivity contribution in [3.8, 4) is 0 Å². The predicted octanol–water partition coefficient (Wildman–Crippen LogP) is 3.41. The van der Waals surface area contributed by atoms with Crippen molar-refractivity contribution in [2.24, 2.45) is 0 Å². The zero-order valence-corrected chi connectivity index (χ0v) is 15.9. The highest BCUT2D eigenvalue weighted by atomic mass is 32.2. The van der Waals surface area contributed by atoms with Gasteiger partial charge in [-0.25, -0.2) is 13.1 Å². The number of carbonyl (C=O) groups excluding carboxylic acids is 1. The van der Waals surface area contributed by atoms with Crippen LogP contribution in [-0.2, 0) is 10.0 Å². The number of hydrogen-bond donors (Lipinski definition) is 1. The van der Waals surface area contributed by atoms with Crippen molar-refractivity contribution < 1.29 is 13.2 Å². The molecule has 1 unspecified atom stereocenters. The molecule has 7 heteroatoms. The van der Waals surface area contributed by atoms with Gasteiger partial charge >= 0.3 is 0 Å². The number of hydrogen-bond acceptors (Lipinski definition) is 4. The molecule has 1 aliphatic rings. The molecule has 0 spiro atoms. The van der Waals surface area contributed by atoms with E-state index in [1.165, 1.54) is 12.1 Å². The SMILES string of the molecule is CC(C)NS(=O)(=O)c1cccc(C(=O)N2CCCC2c2ccsc2)c1. The summed E-state index contributed by atoms with van der Waals surface area (Å²) in [4.78, 5) is 14.9. The van der Waals surface area contributed by atoms with E-state index < -0.39 is 10.0 Å². The summed E-state index contributed by atoms with van der Waals surface area (Å²) in [7, 11) is -3.61. The topological polar surface area (TPSA) is 66.5 Å². The van der Waals surface area contributed by atoms with Gasteiger partial charge in [0.25, 0.3) is 5.91 Å². The van der Waals surface area contributed by atoms with E-state index in [1.807, 2.05) is 16.3 Å². The average molecular weight is 379 g/mol. The molecular formula is C18H22N2O3S2. The first-order valence-electron chi connectivity index (χ1n) is 8.34.